The van der Waals surface area contributed by atoms with Crippen LogP contribution in [0.1, 0.15) is 42.5 Å². The van der Waals surface area contributed by atoms with Gasteiger partial charge in [0.25, 0.3) is 0 Å². The van der Waals surface area contributed by atoms with E-state index >= 15 is 0 Å². The minimum Gasteiger partial charge on any atom is -0.348 e. The van der Waals surface area contributed by atoms with Crippen molar-refractivity contribution < 1.29 is 4.79 Å². The molecule has 0 saturated carbocycles. The Bertz CT molecular complexity index is 442. The van der Waals surface area contributed by atoms with Gasteiger partial charge >= 0.3 is 0 Å². The third-order valence-corrected chi connectivity index (χ3v) is 3.63. The van der Waals surface area contributed by atoms with Gasteiger partial charge in [0.1, 0.15) is 0 Å². The third-order valence-electron chi connectivity index (χ3n) is 3.63. The third kappa shape index (κ3) is 3.95. The summed E-state index contributed by atoms with van der Waals surface area (Å²) in [6.07, 6.45) is 2.04. The highest BCUT2D eigenvalue weighted by atomic mass is 35.5. The Hall–Kier alpha value is -1.06. The summed E-state index contributed by atoms with van der Waals surface area (Å²) in [5.74, 6) is 0.125. The van der Waals surface area contributed by atoms with Crippen LogP contribution in [0.3, 0.4) is 0 Å². The molecule has 19 heavy (non-hydrogen) atoms. The molecule has 0 spiro atoms. The maximum absolute atomic E-state index is 12.0. The van der Waals surface area contributed by atoms with Crippen LogP contribution >= 0.6 is 12.4 Å². The van der Waals surface area contributed by atoms with Crippen LogP contribution in [0, 0.1) is 13.8 Å². The van der Waals surface area contributed by atoms with Crippen LogP contribution in [0.15, 0.2) is 18.2 Å². The average molecular weight is 283 g/mol. The topological polar surface area (TPSA) is 41.1 Å². The Kier molecular flexibility index (Phi) is 5.83. The van der Waals surface area contributed by atoms with E-state index in [9.17, 15) is 4.79 Å². The SMILES string of the molecule is Cc1ccc(C(C)NC(=O)C2CCCN2)c(C)c1.Cl. The minimum absolute atomic E-state index is 0. The van der Waals surface area contributed by atoms with E-state index in [0.29, 0.717) is 0 Å². The molecular weight excluding hydrogens is 260 g/mol. The Balaban J connectivity index is 0.00000180. The number of carbonyl (C=O) groups excluding carboxylic acids is 1. The summed E-state index contributed by atoms with van der Waals surface area (Å²) in [5.41, 5.74) is 3.70. The average Bonchev–Trinajstić information content (AvgIpc) is 2.81. The Morgan fingerprint density at radius 1 is 1.42 bits per heavy atom. The van der Waals surface area contributed by atoms with Crippen molar-refractivity contribution in [2.45, 2.75) is 45.7 Å². The van der Waals surface area contributed by atoms with Crippen molar-refractivity contribution in [1.82, 2.24) is 10.6 Å². The van der Waals surface area contributed by atoms with Gasteiger partial charge in [-0.1, -0.05) is 23.8 Å². The monoisotopic (exact) mass is 282 g/mol. The number of nitrogens with one attached hydrogen (secondary N) is 2. The second-order valence-electron chi connectivity index (χ2n) is 5.24. The van der Waals surface area contributed by atoms with Gasteiger partial charge in [0.15, 0.2) is 0 Å². The van der Waals surface area contributed by atoms with E-state index in [2.05, 4.69) is 42.7 Å². The molecule has 1 aliphatic rings. The Morgan fingerprint density at radius 2 is 2.16 bits per heavy atom. The van der Waals surface area contributed by atoms with Gasteiger partial charge in [0, 0.05) is 0 Å². The predicted octanol–water partition coefficient (Wildman–Crippen LogP) is 2.65. The highest BCUT2D eigenvalue weighted by molar-refractivity contribution is 5.85. The molecule has 1 aliphatic heterocycles. The fourth-order valence-electron chi connectivity index (χ4n) is 2.61. The van der Waals surface area contributed by atoms with Crippen LogP contribution in [0.25, 0.3) is 0 Å². The van der Waals surface area contributed by atoms with Crippen LogP contribution in [0.4, 0.5) is 0 Å². The largest absolute Gasteiger partial charge is 0.348 e. The smallest absolute Gasteiger partial charge is 0.237 e. The van der Waals surface area contributed by atoms with E-state index in [1.807, 2.05) is 6.92 Å². The zero-order chi connectivity index (χ0) is 13.1. The van der Waals surface area contributed by atoms with Crippen molar-refractivity contribution in [2.75, 3.05) is 6.54 Å². The predicted molar refractivity (Wildman–Crippen MR) is 80.7 cm³/mol. The zero-order valence-electron chi connectivity index (χ0n) is 11.8. The number of benzene rings is 1. The first-order chi connectivity index (χ1) is 8.58. The van der Waals surface area contributed by atoms with Gasteiger partial charge in [-0.05, 0) is 51.3 Å². The number of amides is 1. The van der Waals surface area contributed by atoms with Crippen molar-refractivity contribution in [3.63, 3.8) is 0 Å². The molecule has 2 unspecified atom stereocenters. The molecule has 1 heterocycles. The van der Waals surface area contributed by atoms with Crippen LogP contribution in [-0.4, -0.2) is 18.5 Å². The second-order valence-corrected chi connectivity index (χ2v) is 5.24. The van der Waals surface area contributed by atoms with Crippen molar-refractivity contribution in [3.05, 3.63) is 34.9 Å². The van der Waals surface area contributed by atoms with Gasteiger partial charge in [0.05, 0.1) is 12.1 Å². The van der Waals surface area contributed by atoms with E-state index in [0.717, 1.165) is 19.4 Å². The van der Waals surface area contributed by atoms with Gasteiger partial charge in [-0.3, -0.25) is 4.79 Å². The second kappa shape index (κ2) is 6.92. The lowest BCUT2D eigenvalue weighted by molar-refractivity contribution is -0.123. The van der Waals surface area contributed by atoms with Crippen LogP contribution < -0.4 is 10.6 Å². The van der Waals surface area contributed by atoms with Crippen LogP contribution in [0.2, 0.25) is 0 Å². The number of halogens is 1. The molecule has 0 aromatic heterocycles. The first-order valence-electron chi connectivity index (χ1n) is 6.69. The van der Waals surface area contributed by atoms with Gasteiger partial charge in [-0.25, -0.2) is 0 Å². The van der Waals surface area contributed by atoms with Gasteiger partial charge in [-0.2, -0.15) is 0 Å². The standard InChI is InChI=1S/C15H22N2O.ClH/c1-10-6-7-13(11(2)9-10)12(3)17-15(18)14-5-4-8-16-14;/h6-7,9,12,14,16H,4-5,8H2,1-3H3,(H,17,18);1H. The molecule has 106 valence electrons. The first kappa shape index (κ1) is 16.0. The van der Waals surface area contributed by atoms with E-state index in [1.165, 1.54) is 16.7 Å². The quantitative estimate of drug-likeness (QED) is 0.895. The molecule has 1 amide bonds. The number of aryl methyl sites for hydroxylation is 2. The summed E-state index contributed by atoms with van der Waals surface area (Å²) < 4.78 is 0. The summed E-state index contributed by atoms with van der Waals surface area (Å²) in [4.78, 5) is 12.0. The number of carbonyl (C=O) groups is 1. The molecule has 0 bridgehead atoms. The van der Waals surface area contributed by atoms with Crippen molar-refractivity contribution in [3.8, 4) is 0 Å². The molecule has 2 rings (SSSR count). The maximum Gasteiger partial charge on any atom is 0.237 e. The number of hydrogen-bond donors (Lipinski definition) is 2. The first-order valence-corrected chi connectivity index (χ1v) is 6.69. The molecule has 1 aromatic carbocycles. The van der Waals surface area contributed by atoms with Crippen molar-refractivity contribution >= 4 is 18.3 Å². The summed E-state index contributed by atoms with van der Waals surface area (Å²) in [5, 5.41) is 6.32. The van der Waals surface area contributed by atoms with E-state index in [4.69, 9.17) is 0 Å². The number of hydrogen-bond acceptors (Lipinski definition) is 2. The van der Waals surface area contributed by atoms with E-state index < -0.39 is 0 Å². The molecule has 1 fully saturated rings. The highest BCUT2D eigenvalue weighted by Crippen LogP contribution is 2.19. The molecule has 0 radical (unpaired) electrons. The van der Waals surface area contributed by atoms with Crippen molar-refractivity contribution in [2.24, 2.45) is 0 Å². The van der Waals surface area contributed by atoms with Gasteiger partial charge in [-0.15, -0.1) is 12.4 Å². The molecule has 3 nitrogen and oxygen atoms in total. The highest BCUT2D eigenvalue weighted by Gasteiger charge is 2.23. The fourth-order valence-corrected chi connectivity index (χ4v) is 2.61. The lowest BCUT2D eigenvalue weighted by Gasteiger charge is -2.19. The lowest BCUT2D eigenvalue weighted by atomic mass is 10.00. The maximum atomic E-state index is 12.0. The Labute approximate surface area is 121 Å². The molecule has 2 N–H and O–H groups in total. The normalized spacial score (nSPS) is 19.6. The summed E-state index contributed by atoms with van der Waals surface area (Å²) in [6.45, 7) is 7.18. The summed E-state index contributed by atoms with van der Waals surface area (Å²) in [6, 6.07) is 6.43. The molecule has 1 aromatic rings. The molecule has 2 atom stereocenters. The lowest BCUT2D eigenvalue weighted by Crippen LogP contribution is -2.41. The molecular formula is C15H23ClN2O. The Morgan fingerprint density at radius 3 is 2.74 bits per heavy atom. The number of rotatable bonds is 3. The van der Waals surface area contributed by atoms with Gasteiger partial charge in [0.2, 0.25) is 5.91 Å². The molecule has 4 heteroatoms. The van der Waals surface area contributed by atoms with Gasteiger partial charge < -0.3 is 10.6 Å². The fraction of sp³-hybridized carbons (Fsp3) is 0.533. The van der Waals surface area contributed by atoms with Crippen LogP contribution in [-0.2, 0) is 4.79 Å². The summed E-state index contributed by atoms with van der Waals surface area (Å²) in [7, 11) is 0. The summed E-state index contributed by atoms with van der Waals surface area (Å²) >= 11 is 0. The molecule has 0 aliphatic carbocycles. The van der Waals surface area contributed by atoms with E-state index in [-0.39, 0.29) is 30.4 Å². The zero-order valence-corrected chi connectivity index (χ0v) is 12.6. The van der Waals surface area contributed by atoms with Crippen LogP contribution in [0.5, 0.6) is 0 Å². The molecule has 1 saturated heterocycles. The van der Waals surface area contributed by atoms with E-state index in [1.54, 1.807) is 0 Å². The minimum atomic E-state index is -0.00166. The van der Waals surface area contributed by atoms with Crippen molar-refractivity contribution in [1.29, 1.82) is 0 Å².